The summed E-state index contributed by atoms with van der Waals surface area (Å²) in [5, 5.41) is 11.8. The number of nitrogens with one attached hydrogen (secondary N) is 2. The van der Waals surface area contributed by atoms with Gasteiger partial charge in [0.25, 0.3) is 5.91 Å². The largest absolute Gasteiger partial charge is 0.497 e. The van der Waals surface area contributed by atoms with Crippen molar-refractivity contribution in [2.45, 2.75) is 30.8 Å². The van der Waals surface area contributed by atoms with Crippen LogP contribution in [0.5, 0.6) is 5.75 Å². The van der Waals surface area contributed by atoms with Crippen molar-refractivity contribution in [1.82, 2.24) is 14.8 Å². The van der Waals surface area contributed by atoms with Gasteiger partial charge >= 0.3 is 0 Å². The number of hydrogen-bond acceptors (Lipinski definition) is 6. The van der Waals surface area contributed by atoms with E-state index in [0.29, 0.717) is 22.4 Å². The first-order chi connectivity index (χ1) is 17.9. The molecule has 3 aromatic carbocycles. The number of nitrogens with zero attached hydrogens (tertiary/aromatic N) is 3. The molecular weight excluding hydrogens is 550 g/mol. The van der Waals surface area contributed by atoms with Crippen LogP contribution in [0, 0.1) is 6.92 Å². The monoisotopic (exact) mass is 575 g/mol. The Morgan fingerprint density at radius 2 is 1.86 bits per heavy atom. The van der Waals surface area contributed by atoms with E-state index in [9.17, 15) is 4.79 Å². The maximum atomic E-state index is 13.6. The molecule has 37 heavy (non-hydrogen) atoms. The molecule has 0 fully saturated rings. The second-order valence-electron chi connectivity index (χ2n) is 8.74. The summed E-state index contributed by atoms with van der Waals surface area (Å²) in [6.07, 6.45) is 0. The van der Waals surface area contributed by atoms with Crippen molar-refractivity contribution in [2.24, 2.45) is 0 Å². The summed E-state index contributed by atoms with van der Waals surface area (Å²) in [7, 11) is 1.61. The van der Waals surface area contributed by atoms with Crippen LogP contribution >= 0.6 is 27.7 Å². The third-order valence-corrected chi connectivity index (χ3v) is 7.50. The summed E-state index contributed by atoms with van der Waals surface area (Å²) in [5.41, 5.74) is 5.35. The van der Waals surface area contributed by atoms with E-state index in [4.69, 9.17) is 14.8 Å². The Morgan fingerprint density at radius 3 is 2.57 bits per heavy atom. The maximum Gasteiger partial charge on any atom is 0.255 e. The van der Waals surface area contributed by atoms with E-state index in [1.807, 2.05) is 55.5 Å². The Morgan fingerprint density at radius 1 is 1.11 bits per heavy atom. The Kier molecular flexibility index (Phi) is 7.34. The molecule has 1 amide bonds. The quantitative estimate of drug-likeness (QED) is 0.242. The number of allylic oxidation sites excluding steroid dienone is 1. The number of methoxy groups -OCH3 is 1. The number of benzene rings is 3. The summed E-state index contributed by atoms with van der Waals surface area (Å²) in [5.74, 6) is 1.88. The van der Waals surface area contributed by atoms with Crippen LogP contribution in [0.2, 0.25) is 0 Å². The lowest BCUT2D eigenvalue weighted by Crippen LogP contribution is -2.31. The highest BCUT2D eigenvalue weighted by atomic mass is 79.9. The number of carbonyl (C=O) groups is 1. The minimum Gasteiger partial charge on any atom is -0.497 e. The standard InChI is InChI=1S/C28H26BrN5O2S/c1-17-5-4-6-19(15-17)16-37-28-32-27-30-18(2)24(26(35)31-22-11-13-23(36-3)14-12-22)25(34(27)33-28)20-7-9-21(29)10-8-20/h4-15,25H,16H2,1-3H3,(H,31,35)(H,30,32,33). The van der Waals surface area contributed by atoms with E-state index >= 15 is 0 Å². The number of thioether (sulfide) groups is 1. The molecule has 2 N–H and O–H groups in total. The van der Waals surface area contributed by atoms with Gasteiger partial charge in [0.1, 0.15) is 11.8 Å². The average molecular weight is 577 g/mol. The molecule has 0 aliphatic carbocycles. The van der Waals surface area contributed by atoms with Gasteiger partial charge in [-0.3, -0.25) is 4.79 Å². The molecule has 0 spiro atoms. The van der Waals surface area contributed by atoms with Crippen molar-refractivity contribution in [3.05, 3.63) is 105 Å². The fourth-order valence-corrected chi connectivity index (χ4v) is 5.30. The topological polar surface area (TPSA) is 81.1 Å². The van der Waals surface area contributed by atoms with Crippen LogP contribution in [-0.2, 0) is 10.5 Å². The molecule has 1 unspecified atom stereocenters. The van der Waals surface area contributed by atoms with Crippen LogP contribution in [0.4, 0.5) is 11.6 Å². The first-order valence-electron chi connectivity index (χ1n) is 11.7. The van der Waals surface area contributed by atoms with Crippen LogP contribution in [0.1, 0.15) is 29.7 Å². The Balaban J connectivity index is 1.46. The molecule has 0 saturated heterocycles. The molecule has 1 aromatic heterocycles. The number of aryl methyl sites for hydroxylation is 1. The molecule has 7 nitrogen and oxygen atoms in total. The number of fused-ring (bicyclic) bond motifs is 1. The van der Waals surface area contributed by atoms with E-state index < -0.39 is 6.04 Å². The minimum atomic E-state index is -0.441. The van der Waals surface area contributed by atoms with Gasteiger partial charge in [-0.15, -0.1) is 5.10 Å². The number of rotatable bonds is 7. The first-order valence-corrected chi connectivity index (χ1v) is 13.5. The molecule has 188 valence electrons. The third-order valence-electron chi connectivity index (χ3n) is 6.06. The van der Waals surface area contributed by atoms with Crippen molar-refractivity contribution in [3.8, 4) is 5.75 Å². The number of hydrogen-bond donors (Lipinski definition) is 2. The number of carbonyl (C=O) groups excluding carboxylic acids is 1. The fourth-order valence-electron chi connectivity index (χ4n) is 4.26. The Bertz CT molecular complexity index is 1460. The smallest absolute Gasteiger partial charge is 0.255 e. The molecule has 1 atom stereocenters. The zero-order valence-electron chi connectivity index (χ0n) is 20.7. The predicted molar refractivity (Wildman–Crippen MR) is 151 cm³/mol. The zero-order valence-corrected chi connectivity index (χ0v) is 23.1. The molecule has 5 rings (SSSR count). The van der Waals surface area contributed by atoms with Gasteiger partial charge in [-0.2, -0.15) is 4.98 Å². The molecule has 0 radical (unpaired) electrons. The number of halogens is 1. The summed E-state index contributed by atoms with van der Waals surface area (Å²) in [6, 6.07) is 23.2. The average Bonchev–Trinajstić information content (AvgIpc) is 3.30. The highest BCUT2D eigenvalue weighted by Gasteiger charge is 2.34. The van der Waals surface area contributed by atoms with E-state index in [1.165, 1.54) is 11.1 Å². The Labute approximate surface area is 228 Å². The van der Waals surface area contributed by atoms with Crippen molar-refractivity contribution in [3.63, 3.8) is 0 Å². The molecule has 1 aliphatic rings. The van der Waals surface area contributed by atoms with Gasteiger partial charge in [0.2, 0.25) is 11.1 Å². The molecule has 0 saturated carbocycles. The summed E-state index contributed by atoms with van der Waals surface area (Å²) >= 11 is 5.08. The highest BCUT2D eigenvalue weighted by Crippen LogP contribution is 2.37. The van der Waals surface area contributed by atoms with Gasteiger partial charge < -0.3 is 15.4 Å². The molecule has 4 aromatic rings. The molecule has 0 bridgehead atoms. The van der Waals surface area contributed by atoms with Gasteiger partial charge in [0.05, 0.1) is 12.7 Å². The number of aromatic nitrogens is 3. The zero-order chi connectivity index (χ0) is 25.9. The van der Waals surface area contributed by atoms with Crippen LogP contribution < -0.4 is 15.4 Å². The summed E-state index contributed by atoms with van der Waals surface area (Å²) < 4.78 is 8.00. The number of amides is 1. The number of ether oxygens (including phenoxy) is 1. The molecular formula is C28H26BrN5O2S. The van der Waals surface area contributed by atoms with Crippen molar-refractivity contribution >= 4 is 45.2 Å². The lowest BCUT2D eigenvalue weighted by atomic mass is 9.95. The lowest BCUT2D eigenvalue weighted by molar-refractivity contribution is -0.113. The van der Waals surface area contributed by atoms with Gasteiger partial charge in [-0.05, 0) is 61.4 Å². The summed E-state index contributed by atoms with van der Waals surface area (Å²) in [6.45, 7) is 3.98. The van der Waals surface area contributed by atoms with Crippen LogP contribution in [0.3, 0.4) is 0 Å². The highest BCUT2D eigenvalue weighted by molar-refractivity contribution is 9.10. The third kappa shape index (κ3) is 5.57. The normalized spacial score (nSPS) is 14.6. The van der Waals surface area contributed by atoms with Crippen LogP contribution in [0.15, 0.2) is 93.7 Å². The maximum absolute atomic E-state index is 13.6. The first kappa shape index (κ1) is 25.1. The van der Waals surface area contributed by atoms with E-state index in [1.54, 1.807) is 23.6 Å². The Hall–Kier alpha value is -3.56. The molecule has 2 heterocycles. The van der Waals surface area contributed by atoms with E-state index in [0.717, 1.165) is 27.2 Å². The summed E-state index contributed by atoms with van der Waals surface area (Å²) in [4.78, 5) is 18.4. The van der Waals surface area contributed by atoms with Gasteiger partial charge in [-0.25, -0.2) is 4.68 Å². The van der Waals surface area contributed by atoms with E-state index in [-0.39, 0.29) is 5.91 Å². The van der Waals surface area contributed by atoms with Gasteiger partial charge in [0.15, 0.2) is 0 Å². The van der Waals surface area contributed by atoms with Crippen molar-refractivity contribution < 1.29 is 9.53 Å². The number of anilines is 2. The lowest BCUT2D eigenvalue weighted by Gasteiger charge is -2.28. The second-order valence-corrected chi connectivity index (χ2v) is 10.6. The predicted octanol–water partition coefficient (Wildman–Crippen LogP) is 6.58. The van der Waals surface area contributed by atoms with Gasteiger partial charge in [0, 0.05) is 21.6 Å². The van der Waals surface area contributed by atoms with Crippen molar-refractivity contribution in [2.75, 3.05) is 17.7 Å². The van der Waals surface area contributed by atoms with E-state index in [2.05, 4.69) is 57.8 Å². The van der Waals surface area contributed by atoms with Crippen LogP contribution in [0.25, 0.3) is 0 Å². The molecule has 9 heteroatoms. The SMILES string of the molecule is COc1ccc(NC(=O)C2=C(C)Nc3nc(SCc4cccc(C)c4)nn3C2c2ccc(Br)cc2)cc1. The fraction of sp³-hybridized carbons (Fsp3) is 0.179. The van der Waals surface area contributed by atoms with Crippen molar-refractivity contribution in [1.29, 1.82) is 0 Å². The second kappa shape index (κ2) is 10.8. The van der Waals surface area contributed by atoms with Gasteiger partial charge in [-0.1, -0.05) is 69.7 Å². The van der Waals surface area contributed by atoms with Crippen LogP contribution in [-0.4, -0.2) is 27.8 Å². The minimum absolute atomic E-state index is 0.210. The molecule has 1 aliphatic heterocycles.